The summed E-state index contributed by atoms with van der Waals surface area (Å²) < 4.78 is 10.4. The fourth-order valence-corrected chi connectivity index (χ4v) is 3.49. The molecule has 1 saturated carbocycles. The first-order valence-corrected chi connectivity index (χ1v) is 9.19. The van der Waals surface area contributed by atoms with E-state index in [0.717, 1.165) is 25.1 Å². The van der Waals surface area contributed by atoms with Crippen molar-refractivity contribution in [3.05, 3.63) is 0 Å². The van der Waals surface area contributed by atoms with Crippen LogP contribution in [0.1, 0.15) is 39.0 Å². The summed E-state index contributed by atoms with van der Waals surface area (Å²) in [5, 5.41) is 6.93. The number of rotatable bonds is 9. The molecule has 1 saturated heterocycles. The molecule has 7 heteroatoms. The lowest BCUT2D eigenvalue weighted by molar-refractivity contribution is 0.0748. The van der Waals surface area contributed by atoms with E-state index in [2.05, 4.69) is 27.4 Å². The third-order valence-corrected chi connectivity index (χ3v) is 4.68. The average molecular weight is 454 g/mol. The second kappa shape index (κ2) is 13.1. The molecule has 0 amide bonds. The number of hydrogen-bond acceptors (Lipinski definition) is 4. The molecule has 142 valence electrons. The number of likely N-dealkylation sites (tertiary alicyclic amines) is 1. The summed E-state index contributed by atoms with van der Waals surface area (Å²) in [4.78, 5) is 7.28. The minimum atomic E-state index is 0. The maximum atomic E-state index is 5.46. The lowest BCUT2D eigenvalue weighted by Crippen LogP contribution is -2.45. The lowest BCUT2D eigenvalue weighted by atomic mass is 10.2. The number of hydrogen-bond donors (Lipinski definition) is 2. The summed E-state index contributed by atoms with van der Waals surface area (Å²) in [7, 11) is 1.69. The molecule has 1 heterocycles. The van der Waals surface area contributed by atoms with Gasteiger partial charge in [0.05, 0.1) is 26.4 Å². The molecule has 2 aliphatic rings. The Morgan fingerprint density at radius 1 is 1.17 bits per heavy atom. The van der Waals surface area contributed by atoms with Crippen LogP contribution in [0.2, 0.25) is 0 Å². The van der Waals surface area contributed by atoms with Gasteiger partial charge in [-0.25, -0.2) is 0 Å². The van der Waals surface area contributed by atoms with E-state index in [0.29, 0.717) is 32.4 Å². The molecule has 2 N–H and O–H groups in total. The minimum absolute atomic E-state index is 0. The number of guanidine groups is 1. The Kier molecular flexibility index (Phi) is 12.0. The lowest BCUT2D eigenvalue weighted by Gasteiger charge is -2.24. The van der Waals surface area contributed by atoms with Crippen LogP contribution in [0.25, 0.3) is 0 Å². The van der Waals surface area contributed by atoms with Gasteiger partial charge in [0, 0.05) is 38.8 Å². The first kappa shape index (κ1) is 21.9. The highest BCUT2D eigenvalue weighted by atomic mass is 127. The van der Waals surface area contributed by atoms with E-state index in [1.165, 1.54) is 38.6 Å². The topological polar surface area (TPSA) is 58.1 Å². The predicted molar refractivity (Wildman–Crippen MR) is 109 cm³/mol. The summed E-state index contributed by atoms with van der Waals surface area (Å²) in [5.74, 6) is 0.918. The molecule has 0 aromatic carbocycles. The summed E-state index contributed by atoms with van der Waals surface area (Å²) in [6.07, 6.45) is 6.81. The zero-order chi connectivity index (χ0) is 16.3. The molecule has 0 bridgehead atoms. The van der Waals surface area contributed by atoms with E-state index in [4.69, 9.17) is 9.47 Å². The van der Waals surface area contributed by atoms with Gasteiger partial charge in [-0.15, -0.1) is 24.0 Å². The summed E-state index contributed by atoms with van der Waals surface area (Å²) >= 11 is 0. The average Bonchev–Trinajstić information content (AvgIpc) is 3.22. The van der Waals surface area contributed by atoms with E-state index in [1.807, 2.05) is 0 Å². The van der Waals surface area contributed by atoms with Gasteiger partial charge in [0.25, 0.3) is 0 Å². The van der Waals surface area contributed by atoms with Gasteiger partial charge in [0.1, 0.15) is 0 Å². The van der Waals surface area contributed by atoms with Crippen molar-refractivity contribution < 1.29 is 9.47 Å². The van der Waals surface area contributed by atoms with Crippen molar-refractivity contribution in [2.75, 3.05) is 53.1 Å². The normalized spacial score (nSPS) is 22.6. The van der Waals surface area contributed by atoms with Crippen LogP contribution in [0.3, 0.4) is 0 Å². The smallest absolute Gasteiger partial charge is 0.191 e. The van der Waals surface area contributed by atoms with Crippen molar-refractivity contribution in [3.63, 3.8) is 0 Å². The molecule has 0 spiro atoms. The highest BCUT2D eigenvalue weighted by molar-refractivity contribution is 14.0. The van der Waals surface area contributed by atoms with E-state index < -0.39 is 0 Å². The van der Waals surface area contributed by atoms with E-state index in [1.54, 1.807) is 7.11 Å². The molecule has 0 aromatic rings. The first-order chi connectivity index (χ1) is 11.3. The number of nitrogens with one attached hydrogen (secondary N) is 2. The van der Waals surface area contributed by atoms with Crippen LogP contribution < -0.4 is 10.6 Å². The first-order valence-electron chi connectivity index (χ1n) is 9.19. The molecule has 2 rings (SSSR count). The molecule has 24 heavy (non-hydrogen) atoms. The Morgan fingerprint density at radius 3 is 2.67 bits per heavy atom. The van der Waals surface area contributed by atoms with Crippen molar-refractivity contribution in [1.29, 1.82) is 0 Å². The molecule has 0 aromatic heterocycles. The van der Waals surface area contributed by atoms with Crippen molar-refractivity contribution >= 4 is 29.9 Å². The Balaban J connectivity index is 0.00000288. The fourth-order valence-electron chi connectivity index (χ4n) is 3.49. The number of halogens is 1. The van der Waals surface area contributed by atoms with Gasteiger partial charge in [0.15, 0.2) is 5.96 Å². The van der Waals surface area contributed by atoms with Gasteiger partial charge in [-0.1, -0.05) is 12.8 Å². The molecule has 1 aliphatic carbocycles. The van der Waals surface area contributed by atoms with Gasteiger partial charge >= 0.3 is 0 Å². The quantitative estimate of drug-likeness (QED) is 0.241. The standard InChI is InChI=1S/C17H34N4O2.HI/c1-3-18-17(19-9-11-23-13-12-22-2)20-15-8-10-21(14-15)16-6-4-5-7-16;/h15-16H,3-14H2,1-2H3,(H2,18,19,20);1H. The van der Waals surface area contributed by atoms with E-state index in [9.17, 15) is 0 Å². The molecule has 2 fully saturated rings. The largest absolute Gasteiger partial charge is 0.382 e. The SMILES string of the molecule is CCNC(=NCCOCCOC)NC1CCN(C2CCCC2)C1.I. The maximum absolute atomic E-state index is 5.46. The van der Waals surface area contributed by atoms with Crippen molar-refractivity contribution in [2.45, 2.75) is 51.1 Å². The van der Waals surface area contributed by atoms with Gasteiger partial charge < -0.3 is 20.1 Å². The summed E-state index contributed by atoms with van der Waals surface area (Å²) in [6.45, 7) is 7.95. The molecular weight excluding hydrogens is 419 g/mol. The van der Waals surface area contributed by atoms with Gasteiger partial charge in [-0.05, 0) is 26.2 Å². The van der Waals surface area contributed by atoms with Crippen molar-refractivity contribution in [3.8, 4) is 0 Å². The second-order valence-corrected chi connectivity index (χ2v) is 6.43. The Hall–Kier alpha value is -0.120. The molecule has 0 radical (unpaired) electrons. The van der Waals surface area contributed by atoms with Gasteiger partial charge in [0.2, 0.25) is 0 Å². The number of ether oxygens (including phenoxy) is 2. The van der Waals surface area contributed by atoms with Crippen LogP contribution in [-0.4, -0.2) is 76.1 Å². The van der Waals surface area contributed by atoms with E-state index in [-0.39, 0.29) is 24.0 Å². The molecule has 1 unspecified atom stereocenters. The number of nitrogens with zero attached hydrogens (tertiary/aromatic N) is 2. The third kappa shape index (κ3) is 7.84. The van der Waals surface area contributed by atoms with Gasteiger partial charge in [-0.3, -0.25) is 9.89 Å². The van der Waals surface area contributed by atoms with Crippen LogP contribution in [0, 0.1) is 0 Å². The molecular formula is C17H35IN4O2. The van der Waals surface area contributed by atoms with Crippen LogP contribution in [-0.2, 0) is 9.47 Å². The monoisotopic (exact) mass is 454 g/mol. The number of methoxy groups -OCH3 is 1. The second-order valence-electron chi connectivity index (χ2n) is 6.43. The predicted octanol–water partition coefficient (Wildman–Crippen LogP) is 1.84. The Bertz CT molecular complexity index is 351. The summed E-state index contributed by atoms with van der Waals surface area (Å²) in [5.41, 5.74) is 0. The molecule has 6 nitrogen and oxygen atoms in total. The maximum Gasteiger partial charge on any atom is 0.191 e. The zero-order valence-electron chi connectivity index (χ0n) is 15.3. The Labute approximate surface area is 164 Å². The Morgan fingerprint density at radius 2 is 1.96 bits per heavy atom. The van der Waals surface area contributed by atoms with Crippen LogP contribution >= 0.6 is 24.0 Å². The fraction of sp³-hybridized carbons (Fsp3) is 0.941. The van der Waals surface area contributed by atoms with Crippen LogP contribution in [0.5, 0.6) is 0 Å². The highest BCUT2D eigenvalue weighted by Gasteiger charge is 2.30. The minimum Gasteiger partial charge on any atom is -0.382 e. The highest BCUT2D eigenvalue weighted by Crippen LogP contribution is 2.26. The molecule has 1 atom stereocenters. The van der Waals surface area contributed by atoms with Crippen LogP contribution in [0.15, 0.2) is 4.99 Å². The number of aliphatic imine (C=N–C) groups is 1. The molecule has 1 aliphatic heterocycles. The van der Waals surface area contributed by atoms with Crippen molar-refractivity contribution in [2.24, 2.45) is 4.99 Å². The van der Waals surface area contributed by atoms with Crippen LogP contribution in [0.4, 0.5) is 0 Å². The zero-order valence-corrected chi connectivity index (χ0v) is 17.6. The van der Waals surface area contributed by atoms with Gasteiger partial charge in [-0.2, -0.15) is 0 Å². The third-order valence-electron chi connectivity index (χ3n) is 4.68. The summed E-state index contributed by atoms with van der Waals surface area (Å²) in [6, 6.07) is 1.35. The van der Waals surface area contributed by atoms with E-state index >= 15 is 0 Å². The van der Waals surface area contributed by atoms with Crippen molar-refractivity contribution in [1.82, 2.24) is 15.5 Å².